The van der Waals surface area contributed by atoms with Crippen molar-refractivity contribution in [1.82, 2.24) is 10.2 Å². The van der Waals surface area contributed by atoms with Gasteiger partial charge in [-0.1, -0.05) is 37.3 Å². The van der Waals surface area contributed by atoms with Gasteiger partial charge in [0.1, 0.15) is 0 Å². The number of carbonyl (C=O) groups is 1. The lowest BCUT2D eigenvalue weighted by molar-refractivity contribution is -0.132. The monoisotopic (exact) mass is 260 g/mol. The highest BCUT2D eigenvalue weighted by Crippen LogP contribution is 2.24. The highest BCUT2D eigenvalue weighted by atomic mass is 16.2. The van der Waals surface area contributed by atoms with Gasteiger partial charge in [-0.25, -0.2) is 0 Å². The Labute approximate surface area is 116 Å². The molecular formula is C16H24N2O. The molecule has 1 N–H and O–H groups in total. The van der Waals surface area contributed by atoms with E-state index < -0.39 is 0 Å². The smallest absolute Gasteiger partial charge is 0.223 e. The summed E-state index contributed by atoms with van der Waals surface area (Å²) in [5.74, 6) is 0.606. The van der Waals surface area contributed by atoms with E-state index in [9.17, 15) is 4.79 Å². The predicted molar refractivity (Wildman–Crippen MR) is 78.1 cm³/mol. The molecule has 2 unspecified atom stereocenters. The van der Waals surface area contributed by atoms with E-state index in [1.54, 1.807) is 0 Å². The SMILES string of the molecule is CCC(CC(=O)N(C)C1CCNC1)c1ccccc1. The highest BCUT2D eigenvalue weighted by molar-refractivity contribution is 5.77. The third-order valence-corrected chi connectivity index (χ3v) is 4.16. The van der Waals surface area contributed by atoms with Crippen LogP contribution in [0, 0.1) is 0 Å². The molecule has 1 aliphatic rings. The van der Waals surface area contributed by atoms with Gasteiger partial charge in [-0.3, -0.25) is 4.79 Å². The van der Waals surface area contributed by atoms with Crippen molar-refractivity contribution in [2.75, 3.05) is 20.1 Å². The fourth-order valence-corrected chi connectivity index (χ4v) is 2.75. The molecule has 0 bridgehead atoms. The van der Waals surface area contributed by atoms with Crippen molar-refractivity contribution < 1.29 is 4.79 Å². The zero-order valence-corrected chi connectivity index (χ0v) is 11.9. The number of carbonyl (C=O) groups excluding carboxylic acids is 1. The fraction of sp³-hybridized carbons (Fsp3) is 0.562. The summed E-state index contributed by atoms with van der Waals surface area (Å²) in [6.45, 7) is 4.12. The Morgan fingerprint density at radius 1 is 1.42 bits per heavy atom. The third kappa shape index (κ3) is 3.57. The maximum atomic E-state index is 12.4. The molecule has 0 radical (unpaired) electrons. The van der Waals surface area contributed by atoms with Crippen LogP contribution in [0.15, 0.2) is 30.3 Å². The van der Waals surface area contributed by atoms with Crippen molar-refractivity contribution in [1.29, 1.82) is 0 Å². The highest BCUT2D eigenvalue weighted by Gasteiger charge is 2.25. The molecule has 0 aliphatic carbocycles. The number of likely N-dealkylation sites (N-methyl/N-ethyl adjacent to an activating group) is 1. The summed E-state index contributed by atoms with van der Waals surface area (Å²) in [5, 5.41) is 3.31. The van der Waals surface area contributed by atoms with Gasteiger partial charge in [0.25, 0.3) is 0 Å². The number of hydrogen-bond donors (Lipinski definition) is 1. The van der Waals surface area contributed by atoms with Crippen LogP contribution in [0.5, 0.6) is 0 Å². The molecule has 0 spiro atoms. The van der Waals surface area contributed by atoms with E-state index in [0.29, 0.717) is 18.4 Å². The molecule has 0 saturated carbocycles. The van der Waals surface area contributed by atoms with Gasteiger partial charge < -0.3 is 10.2 Å². The lowest BCUT2D eigenvalue weighted by Crippen LogP contribution is -2.38. The molecule has 104 valence electrons. The molecule has 1 aromatic carbocycles. The lowest BCUT2D eigenvalue weighted by atomic mass is 9.92. The second kappa shape index (κ2) is 6.71. The van der Waals surface area contributed by atoms with Gasteiger partial charge in [-0.05, 0) is 30.9 Å². The Bertz CT molecular complexity index is 398. The van der Waals surface area contributed by atoms with Crippen molar-refractivity contribution in [3.05, 3.63) is 35.9 Å². The summed E-state index contributed by atoms with van der Waals surface area (Å²) in [4.78, 5) is 14.3. The first-order chi connectivity index (χ1) is 9.22. The number of benzene rings is 1. The van der Waals surface area contributed by atoms with Crippen molar-refractivity contribution >= 4 is 5.91 Å². The van der Waals surface area contributed by atoms with Crippen LogP contribution in [0.2, 0.25) is 0 Å². The maximum absolute atomic E-state index is 12.4. The zero-order chi connectivity index (χ0) is 13.7. The molecule has 2 rings (SSSR count). The summed E-state index contributed by atoms with van der Waals surface area (Å²) in [6.07, 6.45) is 2.70. The first-order valence-electron chi connectivity index (χ1n) is 7.23. The van der Waals surface area contributed by atoms with Crippen LogP contribution in [-0.2, 0) is 4.79 Å². The van der Waals surface area contributed by atoms with E-state index in [1.165, 1.54) is 5.56 Å². The van der Waals surface area contributed by atoms with E-state index in [-0.39, 0.29) is 5.91 Å². The average Bonchev–Trinajstić information content (AvgIpc) is 2.98. The number of rotatable bonds is 5. The molecule has 1 saturated heterocycles. The second-order valence-electron chi connectivity index (χ2n) is 5.37. The van der Waals surface area contributed by atoms with Crippen LogP contribution in [0.25, 0.3) is 0 Å². The van der Waals surface area contributed by atoms with Crippen LogP contribution in [0.4, 0.5) is 0 Å². The van der Waals surface area contributed by atoms with Gasteiger partial charge in [0.05, 0.1) is 0 Å². The van der Waals surface area contributed by atoms with Crippen molar-refractivity contribution in [2.45, 2.75) is 38.1 Å². The van der Waals surface area contributed by atoms with Crippen LogP contribution in [-0.4, -0.2) is 37.0 Å². The van der Waals surface area contributed by atoms with Gasteiger partial charge in [0, 0.05) is 26.1 Å². The Kier molecular flexibility index (Phi) is 4.97. The molecule has 1 amide bonds. The molecule has 1 heterocycles. The van der Waals surface area contributed by atoms with E-state index in [4.69, 9.17) is 0 Å². The number of nitrogens with zero attached hydrogens (tertiary/aromatic N) is 1. The molecule has 1 aliphatic heterocycles. The maximum Gasteiger partial charge on any atom is 0.223 e. The minimum atomic E-state index is 0.268. The quantitative estimate of drug-likeness (QED) is 0.881. The Balaban J connectivity index is 1.96. The fourth-order valence-electron chi connectivity index (χ4n) is 2.75. The van der Waals surface area contributed by atoms with E-state index in [2.05, 4.69) is 24.4 Å². The molecule has 3 heteroatoms. The van der Waals surface area contributed by atoms with Crippen molar-refractivity contribution in [3.63, 3.8) is 0 Å². The molecule has 1 fully saturated rings. The normalized spacial score (nSPS) is 20.2. The molecular weight excluding hydrogens is 236 g/mol. The van der Waals surface area contributed by atoms with Crippen molar-refractivity contribution in [2.24, 2.45) is 0 Å². The van der Waals surface area contributed by atoms with Crippen LogP contribution >= 0.6 is 0 Å². The first-order valence-corrected chi connectivity index (χ1v) is 7.23. The summed E-state index contributed by atoms with van der Waals surface area (Å²) in [5.41, 5.74) is 1.27. The zero-order valence-electron chi connectivity index (χ0n) is 11.9. The van der Waals surface area contributed by atoms with Crippen LogP contribution in [0.1, 0.15) is 37.7 Å². The Morgan fingerprint density at radius 3 is 2.74 bits per heavy atom. The van der Waals surface area contributed by atoms with E-state index >= 15 is 0 Å². The van der Waals surface area contributed by atoms with Gasteiger partial charge >= 0.3 is 0 Å². The summed E-state index contributed by atoms with van der Waals surface area (Å²) < 4.78 is 0. The van der Waals surface area contributed by atoms with Crippen LogP contribution in [0.3, 0.4) is 0 Å². The minimum absolute atomic E-state index is 0.268. The number of amides is 1. The average molecular weight is 260 g/mol. The number of nitrogens with one attached hydrogen (secondary N) is 1. The van der Waals surface area contributed by atoms with E-state index in [1.807, 2.05) is 30.1 Å². The third-order valence-electron chi connectivity index (χ3n) is 4.16. The summed E-state index contributed by atoms with van der Waals surface area (Å²) >= 11 is 0. The van der Waals surface area contributed by atoms with Crippen molar-refractivity contribution in [3.8, 4) is 0 Å². The largest absolute Gasteiger partial charge is 0.341 e. The van der Waals surface area contributed by atoms with E-state index in [0.717, 1.165) is 25.9 Å². The standard InChI is InChI=1S/C16H24N2O/c1-3-13(14-7-5-4-6-8-14)11-16(19)18(2)15-9-10-17-12-15/h4-8,13,15,17H,3,9-12H2,1-2H3. The first kappa shape index (κ1) is 14.1. The molecule has 2 atom stereocenters. The second-order valence-corrected chi connectivity index (χ2v) is 5.37. The molecule has 1 aromatic rings. The summed E-state index contributed by atoms with van der Waals surface area (Å²) in [6, 6.07) is 10.7. The Hall–Kier alpha value is -1.35. The predicted octanol–water partition coefficient (Wildman–Crippen LogP) is 2.39. The summed E-state index contributed by atoms with van der Waals surface area (Å²) in [7, 11) is 1.94. The Morgan fingerprint density at radius 2 is 2.16 bits per heavy atom. The van der Waals surface area contributed by atoms with Gasteiger partial charge in [-0.2, -0.15) is 0 Å². The number of hydrogen-bond acceptors (Lipinski definition) is 2. The lowest BCUT2D eigenvalue weighted by Gasteiger charge is -2.26. The minimum Gasteiger partial charge on any atom is -0.341 e. The molecule has 19 heavy (non-hydrogen) atoms. The van der Waals surface area contributed by atoms with Gasteiger partial charge in [0.15, 0.2) is 0 Å². The molecule has 3 nitrogen and oxygen atoms in total. The molecule has 0 aromatic heterocycles. The van der Waals surface area contributed by atoms with Crippen LogP contribution < -0.4 is 5.32 Å². The van der Waals surface area contributed by atoms with Gasteiger partial charge in [-0.15, -0.1) is 0 Å². The topological polar surface area (TPSA) is 32.3 Å². The van der Waals surface area contributed by atoms with Gasteiger partial charge in [0.2, 0.25) is 5.91 Å².